The van der Waals surface area contributed by atoms with Gasteiger partial charge in [-0.15, -0.1) is 0 Å². The summed E-state index contributed by atoms with van der Waals surface area (Å²) in [5.41, 5.74) is 1.17. The maximum absolute atomic E-state index is 12.2. The number of hydrogen-bond donors (Lipinski definition) is 1. The number of pyridine rings is 1. The standard InChI is InChI=1S/C19H28N4O5/c1-12-8-13(20-18(24)28-19(2,3)4)10-21(9-12)17-14-6-5-7-15(14)22(25)11-16(17)23(26)27/h11-13H,5-10H2,1-4H3,(H,20,24)/t12-,13+/m1/s1. The first-order valence-corrected chi connectivity index (χ1v) is 9.72. The van der Waals surface area contributed by atoms with Gasteiger partial charge in [0.25, 0.3) is 6.20 Å². The van der Waals surface area contributed by atoms with Crippen molar-refractivity contribution in [2.75, 3.05) is 18.0 Å². The van der Waals surface area contributed by atoms with E-state index in [0.29, 0.717) is 42.0 Å². The molecule has 1 saturated heterocycles. The Labute approximate surface area is 164 Å². The van der Waals surface area contributed by atoms with Gasteiger partial charge < -0.3 is 20.2 Å². The van der Waals surface area contributed by atoms with Gasteiger partial charge in [0.1, 0.15) is 11.3 Å². The number of rotatable bonds is 3. The predicted octanol–water partition coefficient (Wildman–Crippen LogP) is 2.46. The molecule has 1 aromatic rings. The first-order chi connectivity index (χ1) is 13.0. The Kier molecular flexibility index (Phi) is 5.36. The minimum absolute atomic E-state index is 0.166. The fourth-order valence-corrected chi connectivity index (χ4v) is 4.23. The minimum atomic E-state index is -0.592. The van der Waals surface area contributed by atoms with Crippen LogP contribution in [0.15, 0.2) is 6.20 Å². The number of piperidine rings is 1. The molecule has 9 heteroatoms. The maximum atomic E-state index is 12.2. The fraction of sp³-hybridized carbons (Fsp3) is 0.684. The quantitative estimate of drug-likeness (QED) is 0.366. The number of ether oxygens (including phenoxy) is 1. The summed E-state index contributed by atoms with van der Waals surface area (Å²) in [7, 11) is 0. The van der Waals surface area contributed by atoms with Gasteiger partial charge >= 0.3 is 11.8 Å². The van der Waals surface area contributed by atoms with Crippen LogP contribution >= 0.6 is 0 Å². The van der Waals surface area contributed by atoms with Gasteiger partial charge in [-0.2, -0.15) is 4.73 Å². The van der Waals surface area contributed by atoms with Crippen LogP contribution < -0.4 is 14.9 Å². The Morgan fingerprint density at radius 3 is 2.71 bits per heavy atom. The molecule has 154 valence electrons. The van der Waals surface area contributed by atoms with Crippen molar-refractivity contribution < 1.29 is 19.2 Å². The third-order valence-corrected chi connectivity index (χ3v) is 5.12. The van der Waals surface area contributed by atoms with Crippen LogP contribution in [0.3, 0.4) is 0 Å². The highest BCUT2D eigenvalue weighted by molar-refractivity contribution is 5.70. The molecule has 1 aliphatic heterocycles. The second-order valence-corrected chi connectivity index (χ2v) is 8.81. The van der Waals surface area contributed by atoms with Crippen LogP contribution in [0.5, 0.6) is 0 Å². The molecule has 1 aliphatic carbocycles. The van der Waals surface area contributed by atoms with Gasteiger partial charge in [0.05, 0.1) is 10.5 Å². The zero-order chi connectivity index (χ0) is 20.6. The van der Waals surface area contributed by atoms with Crippen molar-refractivity contribution in [1.29, 1.82) is 0 Å². The van der Waals surface area contributed by atoms with Crippen molar-refractivity contribution in [3.8, 4) is 0 Å². The predicted molar refractivity (Wildman–Crippen MR) is 103 cm³/mol. The fourth-order valence-electron chi connectivity index (χ4n) is 4.23. The lowest BCUT2D eigenvalue weighted by Crippen LogP contribution is -2.52. The molecule has 2 atom stereocenters. The number of amides is 1. The Morgan fingerprint density at radius 2 is 2.07 bits per heavy atom. The van der Waals surface area contributed by atoms with Crippen molar-refractivity contribution >= 4 is 17.5 Å². The molecule has 0 saturated carbocycles. The second kappa shape index (κ2) is 7.44. The second-order valence-electron chi connectivity index (χ2n) is 8.81. The lowest BCUT2D eigenvalue weighted by molar-refractivity contribution is -0.617. The summed E-state index contributed by atoms with van der Waals surface area (Å²) >= 11 is 0. The van der Waals surface area contributed by atoms with Crippen LogP contribution in [0.25, 0.3) is 0 Å². The van der Waals surface area contributed by atoms with E-state index in [1.165, 1.54) is 0 Å². The molecule has 1 fully saturated rings. The molecule has 0 bridgehead atoms. The van der Waals surface area contributed by atoms with Gasteiger partial charge in [-0.3, -0.25) is 10.1 Å². The number of carbonyl (C=O) groups is 1. The monoisotopic (exact) mass is 392 g/mol. The number of nitrogens with zero attached hydrogens (tertiary/aromatic N) is 3. The number of fused-ring (bicyclic) bond motifs is 1. The highest BCUT2D eigenvalue weighted by Gasteiger charge is 2.37. The Balaban J connectivity index is 1.88. The van der Waals surface area contributed by atoms with Crippen LogP contribution in [0, 0.1) is 21.2 Å². The number of nitro groups is 1. The average Bonchev–Trinajstić information content (AvgIpc) is 3.01. The number of alkyl carbamates (subject to hydrolysis) is 1. The van der Waals surface area contributed by atoms with Crippen LogP contribution in [0.2, 0.25) is 0 Å². The van der Waals surface area contributed by atoms with E-state index in [4.69, 9.17) is 4.74 Å². The third-order valence-electron chi connectivity index (χ3n) is 5.12. The molecule has 1 aromatic heterocycles. The van der Waals surface area contributed by atoms with Crippen molar-refractivity contribution in [1.82, 2.24) is 5.32 Å². The van der Waals surface area contributed by atoms with Crippen LogP contribution in [-0.4, -0.2) is 35.7 Å². The van der Waals surface area contributed by atoms with Crippen LogP contribution in [0.1, 0.15) is 51.8 Å². The van der Waals surface area contributed by atoms with E-state index in [1.54, 1.807) is 20.8 Å². The van der Waals surface area contributed by atoms with E-state index < -0.39 is 16.6 Å². The van der Waals surface area contributed by atoms with E-state index >= 15 is 0 Å². The topological polar surface area (TPSA) is 112 Å². The molecule has 1 amide bonds. The van der Waals surface area contributed by atoms with Gasteiger partial charge in [0.2, 0.25) is 0 Å². The Morgan fingerprint density at radius 1 is 1.36 bits per heavy atom. The first kappa shape index (κ1) is 20.2. The van der Waals surface area contributed by atoms with Crippen molar-refractivity contribution in [3.63, 3.8) is 0 Å². The molecule has 0 aromatic carbocycles. The largest absolute Gasteiger partial charge is 0.618 e. The normalized spacial score (nSPS) is 21.9. The molecule has 3 rings (SSSR count). The molecule has 2 heterocycles. The van der Waals surface area contributed by atoms with E-state index in [0.717, 1.165) is 24.6 Å². The summed E-state index contributed by atoms with van der Waals surface area (Å²) in [4.78, 5) is 25.3. The average molecular weight is 392 g/mol. The number of nitrogens with one attached hydrogen (secondary N) is 1. The molecule has 9 nitrogen and oxygen atoms in total. The highest BCUT2D eigenvalue weighted by atomic mass is 16.6. The van der Waals surface area contributed by atoms with Crippen molar-refractivity contribution in [2.45, 2.75) is 65.0 Å². The Hall–Kier alpha value is -2.58. The smallest absolute Gasteiger partial charge is 0.407 e. The van der Waals surface area contributed by atoms with Gasteiger partial charge in [-0.05, 0) is 46.0 Å². The van der Waals surface area contributed by atoms with E-state index in [1.807, 2.05) is 4.90 Å². The van der Waals surface area contributed by atoms with Gasteiger partial charge in [-0.1, -0.05) is 6.92 Å². The molecule has 0 spiro atoms. The van der Waals surface area contributed by atoms with Crippen LogP contribution in [-0.2, 0) is 17.6 Å². The van der Waals surface area contributed by atoms with Gasteiger partial charge in [-0.25, -0.2) is 4.79 Å². The Bertz CT molecular complexity index is 790. The summed E-state index contributed by atoms with van der Waals surface area (Å²) in [5.74, 6) is 0.227. The lowest BCUT2D eigenvalue weighted by Gasteiger charge is -2.38. The molecule has 0 unspecified atom stereocenters. The van der Waals surface area contributed by atoms with Crippen LogP contribution in [0.4, 0.5) is 16.2 Å². The highest BCUT2D eigenvalue weighted by Crippen LogP contribution is 2.38. The summed E-state index contributed by atoms with van der Waals surface area (Å²) in [6.45, 7) is 8.55. The number of anilines is 1. The van der Waals surface area contributed by atoms with Gasteiger partial charge in [0.15, 0.2) is 5.69 Å². The molecule has 0 radical (unpaired) electrons. The van der Waals surface area contributed by atoms with E-state index in [9.17, 15) is 20.1 Å². The molecule has 2 aliphatic rings. The SMILES string of the molecule is C[C@@H]1C[C@H](NC(=O)OC(C)(C)C)CN(c2c([N+](=O)[O-])c[n+]([O-])c3c2CCC3)C1. The number of hydrogen-bond acceptors (Lipinski definition) is 6. The van der Waals surface area contributed by atoms with Crippen molar-refractivity contribution in [2.24, 2.45) is 5.92 Å². The summed E-state index contributed by atoms with van der Waals surface area (Å²) < 4.78 is 5.99. The lowest BCUT2D eigenvalue weighted by atomic mass is 9.94. The maximum Gasteiger partial charge on any atom is 0.407 e. The molecule has 1 N–H and O–H groups in total. The number of aromatic nitrogens is 1. The molecular weight excluding hydrogens is 364 g/mol. The van der Waals surface area contributed by atoms with Gasteiger partial charge in [0, 0.05) is 25.6 Å². The van der Waals surface area contributed by atoms with E-state index in [-0.39, 0.29) is 17.6 Å². The third kappa shape index (κ3) is 4.28. The number of carbonyl (C=O) groups excluding carboxylic acids is 1. The van der Waals surface area contributed by atoms with E-state index in [2.05, 4.69) is 12.2 Å². The zero-order valence-electron chi connectivity index (χ0n) is 16.9. The van der Waals surface area contributed by atoms with Crippen molar-refractivity contribution in [3.05, 3.63) is 32.8 Å². The summed E-state index contributed by atoms with van der Waals surface area (Å²) in [5, 5.41) is 26.7. The minimum Gasteiger partial charge on any atom is -0.618 e. The summed E-state index contributed by atoms with van der Waals surface area (Å²) in [6.07, 6.45) is 3.46. The molecular formula is C19H28N4O5. The molecule has 28 heavy (non-hydrogen) atoms. The first-order valence-electron chi connectivity index (χ1n) is 9.72. The summed E-state index contributed by atoms with van der Waals surface area (Å²) in [6, 6.07) is -0.185. The zero-order valence-corrected chi connectivity index (χ0v) is 16.9.